The van der Waals surface area contributed by atoms with Crippen LogP contribution in [0.5, 0.6) is 0 Å². The van der Waals surface area contributed by atoms with Crippen LogP contribution in [-0.2, 0) is 0 Å². The minimum atomic E-state index is 0.746. The van der Waals surface area contributed by atoms with Crippen molar-refractivity contribution in [3.63, 3.8) is 0 Å². The van der Waals surface area contributed by atoms with E-state index in [-0.39, 0.29) is 0 Å². The predicted octanol–water partition coefficient (Wildman–Crippen LogP) is 2.81. The van der Waals surface area contributed by atoms with Gasteiger partial charge in [-0.05, 0) is 23.9 Å². The summed E-state index contributed by atoms with van der Waals surface area (Å²) in [5.41, 5.74) is 0. The molecular weight excluding hydrogens is 178 g/mol. The van der Waals surface area contributed by atoms with E-state index in [1.54, 1.807) is 11.3 Å². The standard InChI is InChI=1S/C8H12ClNS/c1-10(6-3-5-9)8-4-2-7-11-8/h2,4,7H,3,5-6H2,1H3. The van der Waals surface area contributed by atoms with Crippen molar-refractivity contribution in [2.75, 3.05) is 24.4 Å². The van der Waals surface area contributed by atoms with Gasteiger partial charge in [-0.15, -0.1) is 22.9 Å². The molecule has 1 rings (SSSR count). The first-order valence-electron chi connectivity index (χ1n) is 3.65. The van der Waals surface area contributed by atoms with Crippen molar-refractivity contribution < 1.29 is 0 Å². The van der Waals surface area contributed by atoms with Gasteiger partial charge >= 0.3 is 0 Å². The minimum Gasteiger partial charge on any atom is -0.366 e. The molecule has 0 N–H and O–H groups in total. The number of hydrogen-bond donors (Lipinski definition) is 0. The van der Waals surface area contributed by atoms with Gasteiger partial charge in [-0.25, -0.2) is 0 Å². The van der Waals surface area contributed by atoms with E-state index in [9.17, 15) is 0 Å². The fraction of sp³-hybridized carbons (Fsp3) is 0.500. The third-order valence-corrected chi connectivity index (χ3v) is 2.76. The summed E-state index contributed by atoms with van der Waals surface area (Å²) >= 11 is 7.35. The fourth-order valence-electron chi connectivity index (χ4n) is 0.894. The van der Waals surface area contributed by atoms with Crippen LogP contribution >= 0.6 is 22.9 Å². The molecule has 1 aromatic rings. The van der Waals surface area contributed by atoms with Gasteiger partial charge in [0.05, 0.1) is 5.00 Å². The molecule has 62 valence electrons. The van der Waals surface area contributed by atoms with Gasteiger partial charge in [0.25, 0.3) is 0 Å². The first kappa shape index (κ1) is 8.88. The van der Waals surface area contributed by atoms with E-state index < -0.39 is 0 Å². The van der Waals surface area contributed by atoms with Gasteiger partial charge < -0.3 is 4.90 Å². The zero-order chi connectivity index (χ0) is 8.10. The second-order valence-corrected chi connectivity index (χ2v) is 3.72. The van der Waals surface area contributed by atoms with Crippen molar-refractivity contribution in [1.82, 2.24) is 0 Å². The largest absolute Gasteiger partial charge is 0.366 e. The highest BCUT2D eigenvalue weighted by atomic mass is 35.5. The third kappa shape index (κ3) is 2.72. The monoisotopic (exact) mass is 189 g/mol. The highest BCUT2D eigenvalue weighted by Gasteiger charge is 1.98. The second-order valence-electron chi connectivity index (χ2n) is 2.42. The molecule has 0 aliphatic rings. The number of rotatable bonds is 4. The molecule has 3 heteroatoms. The Morgan fingerprint density at radius 1 is 1.64 bits per heavy atom. The highest BCUT2D eigenvalue weighted by Crippen LogP contribution is 2.19. The van der Waals surface area contributed by atoms with Crippen molar-refractivity contribution in [2.24, 2.45) is 0 Å². The predicted molar refractivity (Wildman–Crippen MR) is 52.9 cm³/mol. The summed E-state index contributed by atoms with van der Waals surface area (Å²) in [6, 6.07) is 4.19. The Bertz CT molecular complexity index is 186. The summed E-state index contributed by atoms with van der Waals surface area (Å²) in [4.78, 5) is 2.23. The molecule has 0 radical (unpaired) electrons. The van der Waals surface area contributed by atoms with E-state index in [1.807, 2.05) is 0 Å². The summed E-state index contributed by atoms with van der Waals surface area (Å²) in [6.45, 7) is 1.05. The number of thiophene rings is 1. The average Bonchev–Trinajstić information content (AvgIpc) is 2.52. The average molecular weight is 190 g/mol. The smallest absolute Gasteiger partial charge is 0.0905 e. The van der Waals surface area contributed by atoms with Crippen molar-refractivity contribution in [1.29, 1.82) is 0 Å². The molecule has 0 amide bonds. The van der Waals surface area contributed by atoms with Crippen molar-refractivity contribution in [3.05, 3.63) is 17.5 Å². The molecule has 1 nitrogen and oxygen atoms in total. The molecule has 0 saturated carbocycles. The van der Waals surface area contributed by atoms with Crippen LogP contribution in [0.3, 0.4) is 0 Å². The molecule has 0 aliphatic carbocycles. The Morgan fingerprint density at radius 3 is 3.00 bits per heavy atom. The van der Waals surface area contributed by atoms with Crippen LogP contribution in [0, 0.1) is 0 Å². The Morgan fingerprint density at radius 2 is 2.45 bits per heavy atom. The van der Waals surface area contributed by atoms with Gasteiger partial charge in [-0.2, -0.15) is 0 Å². The molecule has 0 aliphatic heterocycles. The van der Waals surface area contributed by atoms with Crippen LogP contribution in [0.15, 0.2) is 17.5 Å². The van der Waals surface area contributed by atoms with Crippen molar-refractivity contribution in [3.8, 4) is 0 Å². The van der Waals surface area contributed by atoms with Crippen LogP contribution in [0.4, 0.5) is 5.00 Å². The number of anilines is 1. The normalized spacial score (nSPS) is 10.0. The van der Waals surface area contributed by atoms with Crippen LogP contribution in [0.25, 0.3) is 0 Å². The molecule has 1 aromatic heterocycles. The second kappa shape index (κ2) is 4.62. The van der Waals surface area contributed by atoms with E-state index in [0.717, 1.165) is 18.8 Å². The lowest BCUT2D eigenvalue weighted by molar-refractivity contribution is 0.864. The maximum Gasteiger partial charge on any atom is 0.0905 e. The highest BCUT2D eigenvalue weighted by molar-refractivity contribution is 7.14. The number of nitrogens with zero attached hydrogens (tertiary/aromatic N) is 1. The molecule has 0 spiro atoms. The summed E-state index contributed by atoms with van der Waals surface area (Å²) < 4.78 is 0. The zero-order valence-electron chi connectivity index (χ0n) is 6.59. The van der Waals surface area contributed by atoms with E-state index >= 15 is 0 Å². The van der Waals surface area contributed by atoms with E-state index in [2.05, 4.69) is 29.5 Å². The van der Waals surface area contributed by atoms with Gasteiger partial charge in [0, 0.05) is 19.5 Å². The lowest BCUT2D eigenvalue weighted by atomic mass is 10.4. The summed E-state index contributed by atoms with van der Waals surface area (Å²) in [7, 11) is 2.10. The molecular formula is C8H12ClNS. The Hall–Kier alpha value is -0.210. The van der Waals surface area contributed by atoms with Gasteiger partial charge in [0.1, 0.15) is 0 Å². The molecule has 0 unspecified atom stereocenters. The van der Waals surface area contributed by atoms with Crippen LogP contribution in [0.1, 0.15) is 6.42 Å². The van der Waals surface area contributed by atoms with Gasteiger partial charge in [-0.3, -0.25) is 0 Å². The fourth-order valence-corrected chi connectivity index (χ4v) is 1.74. The van der Waals surface area contributed by atoms with E-state index in [1.165, 1.54) is 5.00 Å². The maximum absolute atomic E-state index is 5.58. The summed E-state index contributed by atoms with van der Waals surface area (Å²) in [5.74, 6) is 0.746. The molecule has 1 heterocycles. The molecule has 0 fully saturated rings. The first-order valence-corrected chi connectivity index (χ1v) is 5.06. The third-order valence-electron chi connectivity index (χ3n) is 1.51. The lowest BCUT2D eigenvalue weighted by Gasteiger charge is -2.15. The molecule has 0 atom stereocenters. The van der Waals surface area contributed by atoms with Crippen molar-refractivity contribution >= 4 is 27.9 Å². The topological polar surface area (TPSA) is 3.24 Å². The van der Waals surface area contributed by atoms with Crippen LogP contribution < -0.4 is 4.90 Å². The van der Waals surface area contributed by atoms with Crippen molar-refractivity contribution in [2.45, 2.75) is 6.42 Å². The summed E-state index contributed by atoms with van der Waals surface area (Å²) in [6.07, 6.45) is 1.05. The number of alkyl halides is 1. The molecule has 0 aromatic carbocycles. The molecule has 0 saturated heterocycles. The number of halogens is 1. The molecule has 0 bridgehead atoms. The van der Waals surface area contributed by atoms with Gasteiger partial charge in [-0.1, -0.05) is 0 Å². The molecule has 11 heavy (non-hydrogen) atoms. The SMILES string of the molecule is CN(CCCCl)c1cccs1. The zero-order valence-corrected chi connectivity index (χ0v) is 8.16. The van der Waals surface area contributed by atoms with Crippen LogP contribution in [-0.4, -0.2) is 19.5 Å². The van der Waals surface area contributed by atoms with Gasteiger partial charge in [0.15, 0.2) is 0 Å². The Labute approximate surface area is 76.6 Å². The number of hydrogen-bond acceptors (Lipinski definition) is 2. The van der Waals surface area contributed by atoms with Crippen LogP contribution in [0.2, 0.25) is 0 Å². The van der Waals surface area contributed by atoms with Gasteiger partial charge in [0.2, 0.25) is 0 Å². The minimum absolute atomic E-state index is 0.746. The summed E-state index contributed by atoms with van der Waals surface area (Å²) in [5, 5.41) is 3.40. The lowest BCUT2D eigenvalue weighted by Crippen LogP contribution is -2.17. The Kier molecular flexibility index (Phi) is 3.73. The van der Waals surface area contributed by atoms with E-state index in [4.69, 9.17) is 11.6 Å². The first-order chi connectivity index (χ1) is 5.34. The maximum atomic E-state index is 5.58. The Balaban J connectivity index is 2.36. The quantitative estimate of drug-likeness (QED) is 0.659. The van der Waals surface area contributed by atoms with E-state index in [0.29, 0.717) is 0 Å².